The highest BCUT2D eigenvalue weighted by molar-refractivity contribution is 6.08. The molecule has 1 aliphatic rings. The van der Waals surface area contributed by atoms with Gasteiger partial charge in [0, 0.05) is 32.7 Å². The van der Waals surface area contributed by atoms with E-state index in [4.69, 9.17) is 9.72 Å². The molecule has 9 nitrogen and oxygen atoms in total. The van der Waals surface area contributed by atoms with E-state index in [9.17, 15) is 14.4 Å². The number of nitrogens with zero attached hydrogens (tertiary/aromatic N) is 5. The van der Waals surface area contributed by atoms with Gasteiger partial charge in [0.25, 0.3) is 5.91 Å². The summed E-state index contributed by atoms with van der Waals surface area (Å²) in [4.78, 5) is 46.6. The zero-order valence-electron chi connectivity index (χ0n) is 20.7. The maximum atomic E-state index is 13.6. The summed E-state index contributed by atoms with van der Waals surface area (Å²) in [7, 11) is 3.42. The molecular formula is C26H31N5O4. The highest BCUT2D eigenvalue weighted by atomic mass is 16.5. The number of piperidine rings is 1. The van der Waals surface area contributed by atoms with Crippen molar-refractivity contribution >= 4 is 28.8 Å². The molecule has 3 aromatic rings. The van der Waals surface area contributed by atoms with E-state index in [1.807, 2.05) is 37.3 Å². The molecule has 2 amide bonds. The third-order valence-corrected chi connectivity index (χ3v) is 6.38. The van der Waals surface area contributed by atoms with Crippen LogP contribution in [-0.4, -0.2) is 75.6 Å². The van der Waals surface area contributed by atoms with Gasteiger partial charge in [0.1, 0.15) is 0 Å². The van der Waals surface area contributed by atoms with Crippen LogP contribution in [0.1, 0.15) is 35.8 Å². The predicted molar refractivity (Wildman–Crippen MR) is 132 cm³/mol. The van der Waals surface area contributed by atoms with Crippen LogP contribution in [0.15, 0.2) is 36.4 Å². The molecule has 0 aliphatic carbocycles. The highest BCUT2D eigenvalue weighted by Gasteiger charge is 2.31. The quantitative estimate of drug-likeness (QED) is 0.507. The van der Waals surface area contributed by atoms with Crippen molar-refractivity contribution in [3.63, 3.8) is 0 Å². The number of hydrogen-bond donors (Lipinski definition) is 0. The van der Waals surface area contributed by atoms with Gasteiger partial charge in [0.05, 0.1) is 41.4 Å². The monoisotopic (exact) mass is 477 g/mol. The molecule has 0 radical (unpaired) electrons. The maximum Gasteiger partial charge on any atom is 0.310 e. The Morgan fingerprint density at radius 2 is 1.94 bits per heavy atom. The number of aromatic nitrogens is 3. The Labute approximate surface area is 204 Å². The van der Waals surface area contributed by atoms with Crippen molar-refractivity contribution in [2.75, 3.05) is 33.3 Å². The summed E-state index contributed by atoms with van der Waals surface area (Å²) in [5.74, 6) is -1.06. The van der Waals surface area contributed by atoms with Gasteiger partial charge >= 0.3 is 5.97 Å². The van der Waals surface area contributed by atoms with Crippen LogP contribution in [-0.2, 0) is 21.4 Å². The van der Waals surface area contributed by atoms with Crippen molar-refractivity contribution in [3.05, 3.63) is 47.7 Å². The number of pyridine rings is 1. The Bertz CT molecular complexity index is 1250. The summed E-state index contributed by atoms with van der Waals surface area (Å²) in [5, 5.41) is 5.14. The molecule has 3 heterocycles. The number of esters is 1. The number of likely N-dealkylation sites (N-methyl/N-ethyl adjacent to an activating group) is 1. The third kappa shape index (κ3) is 5.03. The Morgan fingerprint density at radius 1 is 1.20 bits per heavy atom. The van der Waals surface area contributed by atoms with E-state index < -0.39 is 0 Å². The topological polar surface area (TPSA) is 97.6 Å². The van der Waals surface area contributed by atoms with Crippen molar-refractivity contribution in [2.45, 2.75) is 26.7 Å². The lowest BCUT2D eigenvalue weighted by Crippen LogP contribution is -2.47. The van der Waals surface area contributed by atoms with Gasteiger partial charge in [-0.15, -0.1) is 0 Å². The highest BCUT2D eigenvalue weighted by Crippen LogP contribution is 2.27. The first-order valence-corrected chi connectivity index (χ1v) is 11.9. The second-order valence-corrected chi connectivity index (χ2v) is 8.92. The molecule has 1 unspecified atom stereocenters. The fraction of sp³-hybridized carbons (Fsp3) is 0.423. The Morgan fingerprint density at radius 3 is 2.66 bits per heavy atom. The molecule has 0 N–H and O–H groups in total. The van der Waals surface area contributed by atoms with Crippen molar-refractivity contribution in [2.24, 2.45) is 13.0 Å². The number of carbonyl (C=O) groups is 3. The van der Waals surface area contributed by atoms with E-state index in [1.165, 1.54) is 4.90 Å². The SMILES string of the molecule is CCOC(=O)C1CCCN(C(=O)CN(C)C(=O)c2cc(-c3ccccc3)nc3c2c(C)nn3C)C1. The van der Waals surface area contributed by atoms with Crippen LogP contribution < -0.4 is 0 Å². The van der Waals surface area contributed by atoms with Crippen molar-refractivity contribution in [1.29, 1.82) is 0 Å². The molecule has 35 heavy (non-hydrogen) atoms. The minimum absolute atomic E-state index is 0.0851. The van der Waals surface area contributed by atoms with Crippen molar-refractivity contribution in [1.82, 2.24) is 24.6 Å². The fourth-order valence-electron chi connectivity index (χ4n) is 4.61. The number of aryl methyl sites for hydroxylation is 2. The summed E-state index contributed by atoms with van der Waals surface area (Å²) in [5.41, 5.74) is 3.32. The van der Waals surface area contributed by atoms with Gasteiger partial charge in [-0.1, -0.05) is 30.3 Å². The third-order valence-electron chi connectivity index (χ3n) is 6.38. The van der Waals surface area contributed by atoms with Gasteiger partial charge in [-0.05, 0) is 32.8 Å². The lowest BCUT2D eigenvalue weighted by atomic mass is 9.98. The molecule has 4 rings (SSSR count). The number of hydrogen-bond acceptors (Lipinski definition) is 6. The molecule has 184 valence electrons. The molecule has 1 fully saturated rings. The van der Waals surface area contributed by atoms with Crippen LogP contribution >= 0.6 is 0 Å². The first-order chi connectivity index (χ1) is 16.8. The summed E-state index contributed by atoms with van der Waals surface area (Å²) in [6, 6.07) is 11.4. The van der Waals surface area contributed by atoms with Gasteiger partial charge in [0.2, 0.25) is 5.91 Å². The van der Waals surface area contributed by atoms with E-state index in [0.29, 0.717) is 54.1 Å². The van der Waals surface area contributed by atoms with Gasteiger partial charge in [0.15, 0.2) is 5.65 Å². The van der Waals surface area contributed by atoms with E-state index in [1.54, 1.807) is 36.7 Å². The number of rotatable bonds is 6. The molecule has 2 aromatic heterocycles. The van der Waals surface area contributed by atoms with E-state index in [2.05, 4.69) is 5.10 Å². The minimum Gasteiger partial charge on any atom is -0.466 e. The lowest BCUT2D eigenvalue weighted by Gasteiger charge is -2.32. The molecule has 1 aromatic carbocycles. The lowest BCUT2D eigenvalue weighted by molar-refractivity contribution is -0.151. The van der Waals surface area contributed by atoms with Crippen LogP contribution in [0.4, 0.5) is 0 Å². The Kier molecular flexibility index (Phi) is 7.14. The Balaban J connectivity index is 1.58. The smallest absolute Gasteiger partial charge is 0.310 e. The van der Waals surface area contributed by atoms with Gasteiger partial charge < -0.3 is 14.5 Å². The molecule has 0 saturated carbocycles. The van der Waals surface area contributed by atoms with Gasteiger partial charge in [-0.3, -0.25) is 19.1 Å². The molecule has 1 atom stereocenters. The molecule has 1 saturated heterocycles. The van der Waals surface area contributed by atoms with Crippen LogP contribution in [0.3, 0.4) is 0 Å². The number of amides is 2. The van der Waals surface area contributed by atoms with Crippen LogP contribution in [0.25, 0.3) is 22.3 Å². The summed E-state index contributed by atoms with van der Waals surface area (Å²) in [6.07, 6.45) is 1.43. The Hall–Kier alpha value is -3.75. The summed E-state index contributed by atoms with van der Waals surface area (Å²) in [6.45, 7) is 4.73. The molecule has 9 heteroatoms. The number of fused-ring (bicyclic) bond motifs is 1. The molecular weight excluding hydrogens is 446 g/mol. The van der Waals surface area contributed by atoms with Crippen LogP contribution in [0.5, 0.6) is 0 Å². The summed E-state index contributed by atoms with van der Waals surface area (Å²) < 4.78 is 6.80. The molecule has 0 spiro atoms. The molecule has 1 aliphatic heterocycles. The average molecular weight is 478 g/mol. The number of benzene rings is 1. The zero-order valence-corrected chi connectivity index (χ0v) is 20.7. The standard InChI is InChI=1S/C26H31N5O4/c1-5-35-26(34)19-12-9-13-31(15-19)22(32)16-29(3)25(33)20-14-21(18-10-7-6-8-11-18)27-24-23(20)17(2)28-30(24)4/h6-8,10-11,14,19H,5,9,12-13,15-16H2,1-4H3. The van der Waals surface area contributed by atoms with Crippen molar-refractivity contribution < 1.29 is 19.1 Å². The minimum atomic E-state index is -0.319. The number of carbonyl (C=O) groups excluding carboxylic acids is 3. The van der Waals surface area contributed by atoms with Crippen molar-refractivity contribution in [3.8, 4) is 11.3 Å². The van der Waals surface area contributed by atoms with E-state index in [0.717, 1.165) is 12.0 Å². The van der Waals surface area contributed by atoms with Gasteiger partial charge in [-0.2, -0.15) is 5.10 Å². The zero-order chi connectivity index (χ0) is 25.1. The maximum absolute atomic E-state index is 13.6. The second kappa shape index (κ2) is 10.2. The van der Waals surface area contributed by atoms with E-state index >= 15 is 0 Å². The normalized spacial score (nSPS) is 15.8. The summed E-state index contributed by atoms with van der Waals surface area (Å²) >= 11 is 0. The second-order valence-electron chi connectivity index (χ2n) is 8.92. The first kappa shape index (κ1) is 24.4. The first-order valence-electron chi connectivity index (χ1n) is 11.9. The number of ether oxygens (including phenoxy) is 1. The molecule has 0 bridgehead atoms. The van der Waals surface area contributed by atoms with E-state index in [-0.39, 0.29) is 30.2 Å². The predicted octanol–water partition coefficient (Wildman–Crippen LogP) is 2.82. The van der Waals surface area contributed by atoms with Crippen LogP contribution in [0.2, 0.25) is 0 Å². The largest absolute Gasteiger partial charge is 0.466 e. The van der Waals surface area contributed by atoms with Gasteiger partial charge in [-0.25, -0.2) is 4.98 Å². The fourth-order valence-corrected chi connectivity index (χ4v) is 4.61. The van der Waals surface area contributed by atoms with Crippen LogP contribution in [0, 0.1) is 12.8 Å². The number of likely N-dealkylation sites (tertiary alicyclic amines) is 1. The average Bonchev–Trinajstić information content (AvgIpc) is 3.16.